The molecule has 2 aromatic rings. The van der Waals surface area contributed by atoms with Crippen molar-refractivity contribution in [2.75, 3.05) is 31.5 Å². The Morgan fingerprint density at radius 1 is 1.10 bits per heavy atom. The van der Waals surface area contributed by atoms with Gasteiger partial charge in [-0.2, -0.15) is 0 Å². The number of fused-ring (bicyclic) bond motifs is 1. The number of hydrogen-bond acceptors (Lipinski definition) is 4. The van der Waals surface area contributed by atoms with Crippen molar-refractivity contribution in [1.29, 1.82) is 0 Å². The first-order valence-electron chi connectivity index (χ1n) is 7.88. The molecule has 1 heterocycles. The van der Waals surface area contributed by atoms with Gasteiger partial charge >= 0.3 is 0 Å². The zero-order valence-electron chi connectivity index (χ0n) is 13.6. The van der Waals surface area contributed by atoms with E-state index in [-0.39, 0.29) is 0 Å². The number of benzene rings is 1. The van der Waals surface area contributed by atoms with E-state index in [1.54, 1.807) is 0 Å². The number of anilines is 1. The highest BCUT2D eigenvalue weighted by Gasteiger charge is 2.10. The second-order valence-electron chi connectivity index (χ2n) is 5.56. The fraction of sp³-hybridized carbons (Fsp3) is 0.529. The Balaban J connectivity index is 2.21. The SMILES string of the molecule is CCN(CC)CCNc1nc(C(C)C)nc2ccccc12. The van der Waals surface area contributed by atoms with Gasteiger partial charge in [0.05, 0.1) is 5.52 Å². The topological polar surface area (TPSA) is 41.0 Å². The molecule has 1 aromatic carbocycles. The maximum Gasteiger partial charge on any atom is 0.137 e. The van der Waals surface area contributed by atoms with E-state index in [0.29, 0.717) is 5.92 Å². The van der Waals surface area contributed by atoms with E-state index >= 15 is 0 Å². The van der Waals surface area contributed by atoms with Crippen LogP contribution in [0.5, 0.6) is 0 Å². The zero-order chi connectivity index (χ0) is 15.2. The molecule has 0 radical (unpaired) electrons. The Labute approximate surface area is 127 Å². The van der Waals surface area contributed by atoms with Gasteiger partial charge < -0.3 is 10.2 Å². The predicted molar refractivity (Wildman–Crippen MR) is 89.9 cm³/mol. The second-order valence-corrected chi connectivity index (χ2v) is 5.56. The fourth-order valence-corrected chi connectivity index (χ4v) is 2.36. The highest BCUT2D eigenvalue weighted by atomic mass is 15.1. The maximum absolute atomic E-state index is 4.71. The molecule has 0 aliphatic rings. The van der Waals surface area contributed by atoms with Crippen LogP contribution in [-0.4, -0.2) is 41.0 Å². The second kappa shape index (κ2) is 7.36. The largest absolute Gasteiger partial charge is 0.368 e. The van der Waals surface area contributed by atoms with Crippen molar-refractivity contribution in [3.8, 4) is 0 Å². The molecule has 4 nitrogen and oxygen atoms in total. The number of hydrogen-bond donors (Lipinski definition) is 1. The third-order valence-electron chi connectivity index (χ3n) is 3.75. The number of nitrogens with zero attached hydrogens (tertiary/aromatic N) is 3. The molecular weight excluding hydrogens is 260 g/mol. The molecule has 0 amide bonds. The minimum Gasteiger partial charge on any atom is -0.368 e. The van der Waals surface area contributed by atoms with E-state index in [1.165, 1.54) is 0 Å². The van der Waals surface area contributed by atoms with E-state index in [2.05, 4.69) is 55.0 Å². The van der Waals surface area contributed by atoms with Crippen LogP contribution < -0.4 is 5.32 Å². The summed E-state index contributed by atoms with van der Waals surface area (Å²) in [7, 11) is 0. The lowest BCUT2D eigenvalue weighted by molar-refractivity contribution is 0.316. The molecule has 2 rings (SSSR count). The first-order chi connectivity index (χ1) is 10.2. The minimum atomic E-state index is 0.331. The Bertz CT molecular complexity index is 576. The van der Waals surface area contributed by atoms with Crippen LogP contribution in [0.4, 0.5) is 5.82 Å². The van der Waals surface area contributed by atoms with Crippen LogP contribution >= 0.6 is 0 Å². The fourth-order valence-electron chi connectivity index (χ4n) is 2.36. The number of rotatable bonds is 7. The van der Waals surface area contributed by atoms with Gasteiger partial charge in [-0.1, -0.05) is 39.8 Å². The number of nitrogens with one attached hydrogen (secondary N) is 1. The monoisotopic (exact) mass is 286 g/mol. The molecule has 0 spiro atoms. The summed E-state index contributed by atoms with van der Waals surface area (Å²) < 4.78 is 0. The molecule has 21 heavy (non-hydrogen) atoms. The lowest BCUT2D eigenvalue weighted by Gasteiger charge is -2.19. The molecule has 0 fully saturated rings. The Kier molecular flexibility index (Phi) is 5.51. The summed E-state index contributed by atoms with van der Waals surface area (Å²) in [6.07, 6.45) is 0. The van der Waals surface area contributed by atoms with Crippen LogP contribution in [0.1, 0.15) is 39.4 Å². The minimum absolute atomic E-state index is 0.331. The quantitative estimate of drug-likeness (QED) is 0.845. The summed E-state index contributed by atoms with van der Waals surface area (Å²) in [6.45, 7) is 12.7. The maximum atomic E-state index is 4.71. The van der Waals surface area contributed by atoms with E-state index in [9.17, 15) is 0 Å². The lowest BCUT2D eigenvalue weighted by atomic mass is 10.1. The molecule has 1 aromatic heterocycles. The molecule has 114 valence electrons. The van der Waals surface area contributed by atoms with Gasteiger partial charge in [-0.15, -0.1) is 0 Å². The summed E-state index contributed by atoms with van der Waals surface area (Å²) in [5.41, 5.74) is 1.02. The van der Waals surface area contributed by atoms with Gasteiger partial charge in [0, 0.05) is 24.4 Å². The molecule has 0 saturated carbocycles. The first kappa shape index (κ1) is 15.7. The summed E-state index contributed by atoms with van der Waals surface area (Å²) in [5.74, 6) is 2.19. The molecule has 0 bridgehead atoms. The van der Waals surface area contributed by atoms with Crippen LogP contribution in [0.3, 0.4) is 0 Å². The van der Waals surface area contributed by atoms with Gasteiger partial charge in [-0.25, -0.2) is 9.97 Å². The zero-order valence-corrected chi connectivity index (χ0v) is 13.6. The van der Waals surface area contributed by atoms with Crippen LogP contribution in [-0.2, 0) is 0 Å². The molecule has 0 aliphatic carbocycles. The number of para-hydroxylation sites is 1. The highest BCUT2D eigenvalue weighted by Crippen LogP contribution is 2.22. The smallest absolute Gasteiger partial charge is 0.137 e. The Morgan fingerprint density at radius 2 is 1.81 bits per heavy atom. The van der Waals surface area contributed by atoms with Gasteiger partial charge in [0.1, 0.15) is 11.6 Å². The summed E-state index contributed by atoms with van der Waals surface area (Å²) in [4.78, 5) is 11.8. The third kappa shape index (κ3) is 3.91. The van der Waals surface area contributed by atoms with Crippen LogP contribution in [0, 0.1) is 0 Å². The average Bonchev–Trinajstić information content (AvgIpc) is 2.51. The summed E-state index contributed by atoms with van der Waals surface area (Å²) >= 11 is 0. The molecule has 0 saturated heterocycles. The third-order valence-corrected chi connectivity index (χ3v) is 3.75. The lowest BCUT2D eigenvalue weighted by Crippen LogP contribution is -2.28. The molecule has 0 atom stereocenters. The Morgan fingerprint density at radius 3 is 2.48 bits per heavy atom. The van der Waals surface area contributed by atoms with Gasteiger partial charge in [0.25, 0.3) is 0 Å². The molecule has 0 unspecified atom stereocenters. The normalized spacial score (nSPS) is 11.5. The van der Waals surface area contributed by atoms with Crippen molar-refractivity contribution < 1.29 is 0 Å². The van der Waals surface area contributed by atoms with Crippen molar-refractivity contribution in [3.05, 3.63) is 30.1 Å². The van der Waals surface area contributed by atoms with Crippen LogP contribution in [0.15, 0.2) is 24.3 Å². The standard InChI is InChI=1S/C17H26N4/c1-5-21(6-2)12-11-18-17-14-9-7-8-10-15(14)19-16(20-17)13(3)4/h7-10,13H,5-6,11-12H2,1-4H3,(H,18,19,20). The molecule has 4 heteroatoms. The average molecular weight is 286 g/mol. The van der Waals surface area contributed by atoms with Gasteiger partial charge in [-0.3, -0.25) is 0 Å². The predicted octanol–water partition coefficient (Wildman–Crippen LogP) is 3.51. The van der Waals surface area contributed by atoms with Gasteiger partial charge in [-0.05, 0) is 25.2 Å². The van der Waals surface area contributed by atoms with E-state index in [4.69, 9.17) is 4.98 Å². The van der Waals surface area contributed by atoms with Gasteiger partial charge in [0.2, 0.25) is 0 Å². The van der Waals surface area contributed by atoms with E-state index in [1.807, 2.05) is 12.1 Å². The van der Waals surface area contributed by atoms with Gasteiger partial charge in [0.15, 0.2) is 0 Å². The van der Waals surface area contributed by atoms with Crippen molar-refractivity contribution in [3.63, 3.8) is 0 Å². The summed E-state index contributed by atoms with van der Waals surface area (Å²) in [5, 5.41) is 4.59. The van der Waals surface area contributed by atoms with Crippen molar-refractivity contribution in [2.24, 2.45) is 0 Å². The van der Waals surface area contributed by atoms with Crippen molar-refractivity contribution in [2.45, 2.75) is 33.6 Å². The van der Waals surface area contributed by atoms with Crippen LogP contribution in [0.2, 0.25) is 0 Å². The molecule has 1 N–H and O–H groups in total. The number of aromatic nitrogens is 2. The van der Waals surface area contributed by atoms with Crippen molar-refractivity contribution >= 4 is 16.7 Å². The molecular formula is C17H26N4. The van der Waals surface area contributed by atoms with Crippen molar-refractivity contribution in [1.82, 2.24) is 14.9 Å². The molecule has 0 aliphatic heterocycles. The highest BCUT2D eigenvalue weighted by molar-refractivity contribution is 5.89. The van der Waals surface area contributed by atoms with E-state index in [0.717, 1.165) is 48.7 Å². The summed E-state index contributed by atoms with van der Waals surface area (Å²) in [6, 6.07) is 8.20. The number of likely N-dealkylation sites (N-methyl/N-ethyl adjacent to an activating group) is 1. The van der Waals surface area contributed by atoms with E-state index < -0.39 is 0 Å². The Hall–Kier alpha value is -1.68. The van der Waals surface area contributed by atoms with Crippen LogP contribution in [0.25, 0.3) is 10.9 Å². The first-order valence-corrected chi connectivity index (χ1v) is 7.88.